The fourth-order valence-electron chi connectivity index (χ4n) is 3.25. The molecule has 2 aromatic heterocycles. The molecule has 150 valence electrons. The molecule has 2 N–H and O–H groups in total. The highest BCUT2D eigenvalue weighted by molar-refractivity contribution is 5.97. The lowest BCUT2D eigenvalue weighted by Crippen LogP contribution is -2.36. The Kier molecular flexibility index (Phi) is 5.44. The van der Waals surface area contributed by atoms with Gasteiger partial charge in [0.05, 0.1) is 24.8 Å². The Labute approximate surface area is 168 Å². The van der Waals surface area contributed by atoms with E-state index in [2.05, 4.69) is 9.97 Å². The van der Waals surface area contributed by atoms with Gasteiger partial charge in [0.2, 0.25) is 5.89 Å². The van der Waals surface area contributed by atoms with Gasteiger partial charge in [0.15, 0.2) is 0 Å². The first kappa shape index (κ1) is 18.9. The second-order valence-electron chi connectivity index (χ2n) is 6.61. The number of methoxy groups -OCH3 is 1. The van der Waals surface area contributed by atoms with Gasteiger partial charge in [0, 0.05) is 38.0 Å². The monoisotopic (exact) mass is 394 g/mol. The maximum atomic E-state index is 13.2. The molecule has 4 rings (SSSR count). The fraction of sp³-hybridized carbons (Fsp3) is 0.286. The van der Waals surface area contributed by atoms with Crippen molar-refractivity contribution in [1.82, 2.24) is 14.9 Å². The number of pyridine rings is 1. The number of hydrogen-bond donors (Lipinski definition) is 1. The summed E-state index contributed by atoms with van der Waals surface area (Å²) < 4.78 is 16.8. The number of fused-ring (bicyclic) bond motifs is 1. The van der Waals surface area contributed by atoms with Crippen LogP contribution in [0, 0.1) is 0 Å². The number of carbonyl (C=O) groups excluding carboxylic acids is 1. The molecule has 0 bridgehead atoms. The molecule has 1 aliphatic rings. The summed E-state index contributed by atoms with van der Waals surface area (Å²) in [5.74, 6) is 2.28. The van der Waals surface area contributed by atoms with Gasteiger partial charge >= 0.3 is 0 Å². The van der Waals surface area contributed by atoms with Gasteiger partial charge < -0.3 is 24.5 Å². The number of nitrogens with zero attached hydrogens (tertiary/aromatic N) is 3. The van der Waals surface area contributed by atoms with Crippen LogP contribution in [-0.4, -0.2) is 47.6 Å². The lowest BCUT2D eigenvalue weighted by molar-refractivity contribution is 0.0723. The topological polar surface area (TPSA) is 104 Å². The molecule has 29 heavy (non-hydrogen) atoms. The van der Waals surface area contributed by atoms with Gasteiger partial charge in [-0.15, -0.1) is 0 Å². The summed E-state index contributed by atoms with van der Waals surface area (Å²) in [7, 11) is 1.57. The Morgan fingerprint density at radius 3 is 3.00 bits per heavy atom. The zero-order valence-corrected chi connectivity index (χ0v) is 16.1. The quantitative estimate of drug-likeness (QED) is 0.684. The first-order valence-electron chi connectivity index (χ1n) is 9.38. The second kappa shape index (κ2) is 8.32. The standard InChI is InChI=1S/C21H22N4O4/c1-27-15-4-5-16(19(11-15)28-10-7-22)21(26)25-9-6-18-17(13-25)24-20(29-18)14-3-2-8-23-12-14/h2-5,8,11-12H,6-7,9-10,13,22H2,1H3. The molecule has 0 atom stereocenters. The normalized spacial score (nSPS) is 13.1. The fourth-order valence-corrected chi connectivity index (χ4v) is 3.25. The predicted octanol–water partition coefficient (Wildman–Crippen LogP) is 2.28. The van der Waals surface area contributed by atoms with E-state index in [-0.39, 0.29) is 5.91 Å². The Bertz CT molecular complexity index is 1000. The van der Waals surface area contributed by atoms with Gasteiger partial charge in [-0.2, -0.15) is 0 Å². The third-order valence-corrected chi connectivity index (χ3v) is 4.72. The smallest absolute Gasteiger partial charge is 0.257 e. The number of aromatic nitrogens is 2. The number of ether oxygens (including phenoxy) is 2. The van der Waals surface area contributed by atoms with Gasteiger partial charge in [0.1, 0.15) is 29.6 Å². The molecule has 0 aliphatic carbocycles. The SMILES string of the molecule is COc1ccc(C(=O)N2CCc3oc(-c4cccnc4)nc3C2)c(OCCN)c1. The highest BCUT2D eigenvalue weighted by Crippen LogP contribution is 2.30. The van der Waals surface area contributed by atoms with E-state index >= 15 is 0 Å². The summed E-state index contributed by atoms with van der Waals surface area (Å²) >= 11 is 0. The first-order chi connectivity index (χ1) is 14.2. The molecule has 1 amide bonds. The Balaban J connectivity index is 1.56. The van der Waals surface area contributed by atoms with Crippen molar-refractivity contribution in [1.29, 1.82) is 0 Å². The van der Waals surface area contributed by atoms with Crippen LogP contribution in [0.5, 0.6) is 11.5 Å². The van der Waals surface area contributed by atoms with E-state index in [0.717, 1.165) is 17.0 Å². The van der Waals surface area contributed by atoms with Crippen molar-refractivity contribution in [2.45, 2.75) is 13.0 Å². The van der Waals surface area contributed by atoms with Crippen molar-refractivity contribution < 1.29 is 18.7 Å². The lowest BCUT2D eigenvalue weighted by atomic mass is 10.1. The van der Waals surface area contributed by atoms with Crippen molar-refractivity contribution in [2.24, 2.45) is 5.73 Å². The van der Waals surface area contributed by atoms with Gasteiger partial charge in [-0.05, 0) is 24.3 Å². The Morgan fingerprint density at radius 2 is 2.24 bits per heavy atom. The average Bonchev–Trinajstić information content (AvgIpc) is 3.21. The Hall–Kier alpha value is -3.39. The second-order valence-corrected chi connectivity index (χ2v) is 6.61. The van der Waals surface area contributed by atoms with E-state index in [4.69, 9.17) is 19.6 Å². The summed E-state index contributed by atoms with van der Waals surface area (Å²) in [6.07, 6.45) is 4.01. The highest BCUT2D eigenvalue weighted by Gasteiger charge is 2.28. The van der Waals surface area contributed by atoms with Crippen LogP contribution in [-0.2, 0) is 13.0 Å². The molecule has 0 fully saturated rings. The van der Waals surface area contributed by atoms with E-state index in [0.29, 0.717) is 55.6 Å². The Morgan fingerprint density at radius 1 is 1.34 bits per heavy atom. The van der Waals surface area contributed by atoms with Crippen LogP contribution in [0.25, 0.3) is 11.5 Å². The van der Waals surface area contributed by atoms with Crippen LogP contribution >= 0.6 is 0 Å². The van der Waals surface area contributed by atoms with E-state index in [1.165, 1.54) is 0 Å². The maximum Gasteiger partial charge on any atom is 0.257 e. The summed E-state index contributed by atoms with van der Waals surface area (Å²) in [5, 5.41) is 0. The molecule has 0 radical (unpaired) electrons. The first-order valence-corrected chi connectivity index (χ1v) is 9.38. The van der Waals surface area contributed by atoms with E-state index in [9.17, 15) is 4.79 Å². The van der Waals surface area contributed by atoms with Crippen LogP contribution in [0.4, 0.5) is 0 Å². The molecule has 0 saturated carbocycles. The minimum Gasteiger partial charge on any atom is -0.497 e. The summed E-state index contributed by atoms with van der Waals surface area (Å²) in [5.41, 5.74) is 7.59. The van der Waals surface area contributed by atoms with E-state index in [1.807, 2.05) is 12.1 Å². The molecule has 3 heterocycles. The van der Waals surface area contributed by atoms with Crippen molar-refractivity contribution in [3.63, 3.8) is 0 Å². The zero-order chi connectivity index (χ0) is 20.2. The molecule has 0 saturated heterocycles. The molecule has 8 heteroatoms. The van der Waals surface area contributed by atoms with Crippen LogP contribution in [0.3, 0.4) is 0 Å². The third-order valence-electron chi connectivity index (χ3n) is 4.72. The molecular formula is C21H22N4O4. The number of rotatable bonds is 6. The van der Waals surface area contributed by atoms with E-state index < -0.39 is 0 Å². The van der Waals surface area contributed by atoms with Crippen molar-refractivity contribution in [2.75, 3.05) is 26.8 Å². The van der Waals surface area contributed by atoms with Crippen LogP contribution in [0.15, 0.2) is 47.1 Å². The minimum atomic E-state index is -0.128. The molecule has 3 aromatic rings. The lowest BCUT2D eigenvalue weighted by Gasteiger charge is -2.26. The number of nitrogens with two attached hydrogens (primary N) is 1. The van der Waals surface area contributed by atoms with E-state index in [1.54, 1.807) is 42.6 Å². The van der Waals surface area contributed by atoms with Crippen molar-refractivity contribution >= 4 is 5.91 Å². The number of hydrogen-bond acceptors (Lipinski definition) is 7. The molecule has 1 aliphatic heterocycles. The van der Waals surface area contributed by atoms with Crippen molar-refractivity contribution in [3.05, 3.63) is 59.7 Å². The van der Waals surface area contributed by atoms with Crippen molar-refractivity contribution in [3.8, 4) is 23.0 Å². The molecule has 8 nitrogen and oxygen atoms in total. The van der Waals surface area contributed by atoms with Gasteiger partial charge in [-0.1, -0.05) is 0 Å². The summed E-state index contributed by atoms with van der Waals surface area (Å²) in [4.78, 5) is 23.6. The highest BCUT2D eigenvalue weighted by atomic mass is 16.5. The van der Waals surface area contributed by atoms with Gasteiger partial charge in [-0.25, -0.2) is 4.98 Å². The predicted molar refractivity (Wildman–Crippen MR) is 106 cm³/mol. The molecule has 0 unspecified atom stereocenters. The molecule has 1 aromatic carbocycles. The van der Waals surface area contributed by atoms with Crippen LogP contribution in [0.2, 0.25) is 0 Å². The third kappa shape index (κ3) is 3.93. The largest absolute Gasteiger partial charge is 0.497 e. The average molecular weight is 394 g/mol. The number of carbonyl (C=O) groups is 1. The molecule has 0 spiro atoms. The summed E-state index contributed by atoms with van der Waals surface area (Å²) in [6.45, 7) is 1.58. The van der Waals surface area contributed by atoms with Gasteiger partial charge in [-0.3, -0.25) is 9.78 Å². The maximum absolute atomic E-state index is 13.2. The zero-order valence-electron chi connectivity index (χ0n) is 16.1. The van der Waals surface area contributed by atoms with Crippen LogP contribution < -0.4 is 15.2 Å². The minimum absolute atomic E-state index is 0.128. The summed E-state index contributed by atoms with van der Waals surface area (Å²) in [6, 6.07) is 8.89. The molecular weight excluding hydrogens is 372 g/mol. The van der Waals surface area contributed by atoms with Crippen LogP contribution in [0.1, 0.15) is 21.8 Å². The number of oxazole rings is 1. The number of amides is 1. The van der Waals surface area contributed by atoms with Gasteiger partial charge in [0.25, 0.3) is 5.91 Å². The number of benzene rings is 1.